The first-order valence-corrected chi connectivity index (χ1v) is 8.27. The van der Waals surface area contributed by atoms with Gasteiger partial charge < -0.3 is 9.84 Å². The lowest BCUT2D eigenvalue weighted by Crippen LogP contribution is -2.43. The molecular weight excluding hydrogens is 264 g/mol. The molecule has 0 radical (unpaired) electrons. The molecule has 1 N–H and O–H groups in total. The zero-order chi connectivity index (χ0) is 14.7. The van der Waals surface area contributed by atoms with Crippen molar-refractivity contribution in [2.24, 2.45) is 5.92 Å². The number of esters is 1. The van der Waals surface area contributed by atoms with Crippen LogP contribution in [0.4, 0.5) is 0 Å². The third-order valence-electron chi connectivity index (χ3n) is 3.62. The highest BCUT2D eigenvalue weighted by atomic mass is 32.2. The molecule has 0 amide bonds. The van der Waals surface area contributed by atoms with Gasteiger partial charge in [0, 0.05) is 15.5 Å². The van der Waals surface area contributed by atoms with Crippen molar-refractivity contribution < 1.29 is 18.8 Å². The maximum Gasteiger partial charge on any atom is 0.308 e. The van der Waals surface area contributed by atoms with E-state index in [1.807, 2.05) is 20.8 Å². The number of hydrogen-bond donors (Lipinski definition) is 1. The molecule has 1 aliphatic rings. The second-order valence-electron chi connectivity index (χ2n) is 6.35. The van der Waals surface area contributed by atoms with E-state index in [0.717, 1.165) is 0 Å². The second kappa shape index (κ2) is 6.35. The van der Waals surface area contributed by atoms with E-state index in [4.69, 9.17) is 4.74 Å². The van der Waals surface area contributed by atoms with Gasteiger partial charge in [-0.1, -0.05) is 0 Å². The third-order valence-corrected chi connectivity index (χ3v) is 5.78. The lowest BCUT2D eigenvalue weighted by Gasteiger charge is -2.36. The smallest absolute Gasteiger partial charge is 0.308 e. The van der Waals surface area contributed by atoms with Gasteiger partial charge in [-0.05, 0) is 53.4 Å². The lowest BCUT2D eigenvalue weighted by molar-refractivity contribution is -0.150. The number of ether oxygens (including phenoxy) is 1. The summed E-state index contributed by atoms with van der Waals surface area (Å²) >= 11 is 0. The topological polar surface area (TPSA) is 63.6 Å². The van der Waals surface area contributed by atoms with Crippen molar-refractivity contribution in [3.63, 3.8) is 0 Å². The Hall–Kier alpha value is -0.420. The first-order chi connectivity index (χ1) is 8.68. The Bertz CT molecular complexity index is 338. The molecule has 1 atom stereocenters. The molecule has 5 heteroatoms. The quantitative estimate of drug-likeness (QED) is 0.805. The summed E-state index contributed by atoms with van der Waals surface area (Å²) in [5.74, 6) is 0.0243. The average Bonchev–Trinajstić information content (AvgIpc) is 2.28. The first-order valence-electron chi connectivity index (χ1n) is 6.95. The van der Waals surface area contributed by atoms with Crippen LogP contribution in [-0.2, 0) is 20.3 Å². The molecule has 0 aromatic rings. The van der Waals surface area contributed by atoms with Crippen molar-refractivity contribution in [3.8, 4) is 0 Å². The summed E-state index contributed by atoms with van der Waals surface area (Å²) in [5.41, 5.74) is -0.888. The molecule has 0 aromatic heterocycles. The Labute approximate surface area is 118 Å². The summed E-state index contributed by atoms with van der Waals surface area (Å²) < 4.78 is 16.8. The summed E-state index contributed by atoms with van der Waals surface area (Å²) in [6, 6.07) is 0. The minimum atomic E-state index is -1.07. The molecule has 0 heterocycles. The Balaban J connectivity index is 2.52. The number of rotatable bonds is 4. The van der Waals surface area contributed by atoms with E-state index in [-0.39, 0.29) is 16.6 Å². The molecule has 0 aliphatic heterocycles. The van der Waals surface area contributed by atoms with Crippen LogP contribution in [0.15, 0.2) is 0 Å². The van der Waals surface area contributed by atoms with E-state index in [2.05, 4.69) is 0 Å². The van der Waals surface area contributed by atoms with Crippen molar-refractivity contribution in [2.45, 2.75) is 63.7 Å². The lowest BCUT2D eigenvalue weighted by atomic mass is 9.80. The van der Waals surface area contributed by atoms with Crippen LogP contribution in [0.1, 0.15) is 53.4 Å². The predicted octanol–water partition coefficient (Wildman–Crippen LogP) is 2.02. The van der Waals surface area contributed by atoms with Gasteiger partial charge in [0.25, 0.3) is 0 Å². The van der Waals surface area contributed by atoms with E-state index in [1.165, 1.54) is 0 Å². The molecule has 1 fully saturated rings. The number of hydrogen-bond acceptors (Lipinski definition) is 4. The minimum Gasteiger partial charge on any atom is -0.466 e. The van der Waals surface area contributed by atoms with E-state index in [1.54, 1.807) is 6.92 Å². The van der Waals surface area contributed by atoms with Crippen LogP contribution < -0.4 is 0 Å². The van der Waals surface area contributed by atoms with Crippen LogP contribution in [0.25, 0.3) is 0 Å². The molecule has 0 bridgehead atoms. The van der Waals surface area contributed by atoms with E-state index in [0.29, 0.717) is 38.0 Å². The second-order valence-corrected chi connectivity index (χ2v) is 8.56. The highest BCUT2D eigenvalue weighted by Gasteiger charge is 2.39. The molecular formula is C14H26O4S. The summed E-state index contributed by atoms with van der Waals surface area (Å²) in [7, 11) is -1.07. The number of carbonyl (C=O) groups is 1. The Morgan fingerprint density at radius 1 is 1.37 bits per heavy atom. The largest absolute Gasteiger partial charge is 0.466 e. The number of aliphatic hydroxyl groups is 1. The first kappa shape index (κ1) is 16.6. The molecule has 0 spiro atoms. The highest BCUT2D eigenvalue weighted by Crippen LogP contribution is 2.34. The van der Waals surface area contributed by atoms with Crippen LogP contribution in [0, 0.1) is 5.92 Å². The maximum absolute atomic E-state index is 12.1. The van der Waals surface area contributed by atoms with Gasteiger partial charge in [-0.3, -0.25) is 9.00 Å². The van der Waals surface area contributed by atoms with E-state index >= 15 is 0 Å². The fraction of sp³-hybridized carbons (Fsp3) is 0.929. The Morgan fingerprint density at radius 3 is 2.32 bits per heavy atom. The van der Waals surface area contributed by atoms with E-state index < -0.39 is 16.4 Å². The van der Waals surface area contributed by atoms with Crippen molar-refractivity contribution in [1.29, 1.82) is 0 Å². The predicted molar refractivity (Wildman–Crippen MR) is 76.3 cm³/mol. The van der Waals surface area contributed by atoms with Crippen molar-refractivity contribution >= 4 is 16.8 Å². The summed E-state index contributed by atoms with van der Waals surface area (Å²) in [4.78, 5) is 11.6. The zero-order valence-electron chi connectivity index (χ0n) is 12.4. The fourth-order valence-corrected chi connectivity index (χ4v) is 3.47. The van der Waals surface area contributed by atoms with Crippen LogP contribution in [-0.4, -0.2) is 38.0 Å². The minimum absolute atomic E-state index is 0.108. The van der Waals surface area contributed by atoms with Crippen molar-refractivity contribution in [3.05, 3.63) is 0 Å². The molecule has 1 unspecified atom stereocenters. The molecule has 0 aromatic carbocycles. The molecule has 1 rings (SSSR count). The summed E-state index contributed by atoms with van der Waals surface area (Å²) in [6.45, 7) is 7.93. The fourth-order valence-electron chi connectivity index (χ4n) is 2.26. The third kappa shape index (κ3) is 4.88. The van der Waals surface area contributed by atoms with Gasteiger partial charge in [0.1, 0.15) is 0 Å². The molecule has 112 valence electrons. The maximum atomic E-state index is 12.1. The van der Waals surface area contributed by atoms with Crippen LogP contribution in [0.3, 0.4) is 0 Å². The Morgan fingerprint density at radius 2 is 1.89 bits per heavy atom. The van der Waals surface area contributed by atoms with Gasteiger partial charge in [-0.25, -0.2) is 0 Å². The molecule has 0 saturated heterocycles. The highest BCUT2D eigenvalue weighted by molar-refractivity contribution is 7.86. The summed E-state index contributed by atoms with van der Waals surface area (Å²) in [6.07, 6.45) is 2.30. The van der Waals surface area contributed by atoms with E-state index in [9.17, 15) is 14.1 Å². The molecule has 4 nitrogen and oxygen atoms in total. The molecule has 19 heavy (non-hydrogen) atoms. The average molecular weight is 290 g/mol. The van der Waals surface area contributed by atoms with Gasteiger partial charge in [-0.2, -0.15) is 0 Å². The van der Waals surface area contributed by atoms with Crippen molar-refractivity contribution in [2.75, 3.05) is 12.4 Å². The normalized spacial score (nSPS) is 29.8. The van der Waals surface area contributed by atoms with Gasteiger partial charge in [0.15, 0.2) is 0 Å². The zero-order valence-corrected chi connectivity index (χ0v) is 13.2. The summed E-state index contributed by atoms with van der Waals surface area (Å²) in [5, 5.41) is 10.5. The Kier molecular flexibility index (Phi) is 5.56. The van der Waals surface area contributed by atoms with Gasteiger partial charge in [0.05, 0.1) is 23.9 Å². The van der Waals surface area contributed by atoms with Gasteiger partial charge in [-0.15, -0.1) is 0 Å². The van der Waals surface area contributed by atoms with Crippen LogP contribution in [0.2, 0.25) is 0 Å². The van der Waals surface area contributed by atoms with Crippen molar-refractivity contribution in [1.82, 2.24) is 0 Å². The van der Waals surface area contributed by atoms with Crippen LogP contribution >= 0.6 is 0 Å². The monoisotopic (exact) mass is 290 g/mol. The standard InChI is InChI=1S/C14H26O4S/c1-5-18-12(15)11-6-8-14(16,9-7-11)10-19(17)13(2,3)4/h11,16H,5-10H2,1-4H3. The van der Waals surface area contributed by atoms with Crippen LogP contribution in [0.5, 0.6) is 0 Å². The van der Waals surface area contributed by atoms with Gasteiger partial charge >= 0.3 is 5.97 Å². The van der Waals surface area contributed by atoms with Gasteiger partial charge in [0.2, 0.25) is 0 Å². The SMILES string of the molecule is CCOC(=O)C1CCC(O)(CS(=O)C(C)(C)C)CC1. The molecule has 1 aliphatic carbocycles. The molecule has 1 saturated carbocycles. The number of carbonyl (C=O) groups excluding carboxylic acids is 1.